The van der Waals surface area contributed by atoms with Gasteiger partial charge in [0, 0.05) is 12.4 Å². The van der Waals surface area contributed by atoms with Gasteiger partial charge in [-0.25, -0.2) is 0 Å². The molecule has 0 atom stereocenters. The summed E-state index contributed by atoms with van der Waals surface area (Å²) in [6.45, 7) is 0. The molecule has 0 bridgehead atoms. The second-order valence-corrected chi connectivity index (χ2v) is 2.11. The molecule has 0 unspecified atom stereocenters. The average molecular weight is 174 g/mol. The van der Waals surface area contributed by atoms with E-state index in [-0.39, 0.29) is 18.9 Å². The number of hydrogen-bond donors (Lipinski definition) is 3. The van der Waals surface area contributed by atoms with Gasteiger partial charge >= 0.3 is 29.3 Å². The summed E-state index contributed by atoms with van der Waals surface area (Å²) in [4.78, 5) is 0. The molecular weight excluding hydrogens is 167 g/mol. The Bertz CT molecular complexity index is 219. The quantitative estimate of drug-likeness (QED) is 0.349. The van der Waals surface area contributed by atoms with Crippen molar-refractivity contribution in [1.29, 1.82) is 0 Å². The van der Waals surface area contributed by atoms with E-state index in [0.717, 1.165) is 0 Å². The molecule has 8 heteroatoms. The van der Waals surface area contributed by atoms with E-state index in [2.05, 4.69) is 10.2 Å². The van der Waals surface area contributed by atoms with Gasteiger partial charge in [-0.3, -0.25) is 14.2 Å². The number of H-pyrrole nitrogens is 1. The summed E-state index contributed by atoms with van der Waals surface area (Å²) in [5, 5.41) is 6.21. The van der Waals surface area contributed by atoms with Gasteiger partial charge in [0.2, 0.25) is 0 Å². The fraction of sp³-hybridized carbons (Fsp3) is 0. The van der Waals surface area contributed by atoms with E-state index in [4.69, 9.17) is 17.5 Å². The summed E-state index contributed by atoms with van der Waals surface area (Å²) >= 11 is 0. The number of aromatic amines is 1. The average Bonchev–Trinajstić information content (AvgIpc) is 2.07. The van der Waals surface area contributed by atoms with Gasteiger partial charge in [0.1, 0.15) is 0 Å². The molecule has 0 aliphatic rings. The van der Waals surface area contributed by atoms with Crippen LogP contribution in [-0.2, 0) is 10.4 Å². The molecule has 0 amide bonds. The molecular formula is C3H7LiN2O4S. The minimum absolute atomic E-state index is 0. The van der Waals surface area contributed by atoms with E-state index in [1.54, 1.807) is 12.4 Å². The zero-order valence-electron chi connectivity index (χ0n) is 4.80. The van der Waals surface area contributed by atoms with Gasteiger partial charge in [0.25, 0.3) is 0 Å². The first-order valence-corrected chi connectivity index (χ1v) is 3.53. The molecule has 3 N–H and O–H groups in total. The maximum absolute atomic E-state index is 8.74. The van der Waals surface area contributed by atoms with Crippen LogP contribution in [0.15, 0.2) is 18.5 Å². The first kappa shape index (κ1) is 13.3. The van der Waals surface area contributed by atoms with Gasteiger partial charge in [0.05, 0.1) is 0 Å². The molecule has 1 rings (SSSR count). The maximum atomic E-state index is 8.74. The van der Waals surface area contributed by atoms with Crippen molar-refractivity contribution in [2.24, 2.45) is 0 Å². The van der Waals surface area contributed by atoms with Crippen LogP contribution in [0, 0.1) is 0 Å². The van der Waals surface area contributed by atoms with E-state index in [9.17, 15) is 0 Å². The SMILES string of the molecule is O=S(=O)(O)O.[LiH].c1cn[nH]c1. The number of hydrogen-bond acceptors (Lipinski definition) is 3. The van der Waals surface area contributed by atoms with Crippen molar-refractivity contribution in [3.8, 4) is 0 Å². The Morgan fingerprint density at radius 1 is 1.36 bits per heavy atom. The molecule has 0 fully saturated rings. The van der Waals surface area contributed by atoms with E-state index in [1.165, 1.54) is 0 Å². The van der Waals surface area contributed by atoms with Crippen LogP contribution >= 0.6 is 0 Å². The number of nitrogens with zero attached hydrogens (tertiary/aromatic N) is 1. The normalized spacial score (nSPS) is 8.91. The van der Waals surface area contributed by atoms with Gasteiger partial charge in [-0.15, -0.1) is 0 Å². The Morgan fingerprint density at radius 3 is 1.91 bits per heavy atom. The van der Waals surface area contributed by atoms with Crippen molar-refractivity contribution in [1.82, 2.24) is 10.2 Å². The zero-order chi connectivity index (χ0) is 8.04. The molecule has 0 saturated carbocycles. The Kier molecular flexibility index (Phi) is 7.72. The topological polar surface area (TPSA) is 103 Å². The van der Waals surface area contributed by atoms with Crippen molar-refractivity contribution in [2.75, 3.05) is 0 Å². The first-order valence-electron chi connectivity index (χ1n) is 2.14. The zero-order valence-corrected chi connectivity index (χ0v) is 5.61. The third-order valence-corrected chi connectivity index (χ3v) is 0.406. The summed E-state index contributed by atoms with van der Waals surface area (Å²) in [5.74, 6) is 0. The molecule has 0 spiro atoms. The third kappa shape index (κ3) is 26.1. The van der Waals surface area contributed by atoms with Gasteiger partial charge in [-0.1, -0.05) is 0 Å². The van der Waals surface area contributed by atoms with Gasteiger partial charge in [-0.05, 0) is 6.07 Å². The number of nitrogens with one attached hydrogen (secondary N) is 1. The smallest absolute Gasteiger partial charge is 0.0487 e. The number of aromatic nitrogens is 2. The molecule has 0 aliphatic carbocycles. The van der Waals surface area contributed by atoms with Crippen molar-refractivity contribution in [3.05, 3.63) is 18.5 Å². The van der Waals surface area contributed by atoms with Crippen molar-refractivity contribution in [2.45, 2.75) is 0 Å². The standard InChI is InChI=1S/C3H4N2.Li.H2O4S.H/c1-2-4-5-3-1;;1-5(2,3)4;/h1-3H,(H,4,5);;(H2,1,2,3,4);. The van der Waals surface area contributed by atoms with Crippen LogP contribution in [0.4, 0.5) is 0 Å². The largest absolute Gasteiger partial charge is 0.286 e. The predicted octanol–water partition coefficient (Wildman–Crippen LogP) is -0.892. The van der Waals surface area contributed by atoms with E-state index >= 15 is 0 Å². The van der Waals surface area contributed by atoms with Crippen LogP contribution in [-0.4, -0.2) is 46.6 Å². The van der Waals surface area contributed by atoms with E-state index in [0.29, 0.717) is 0 Å². The minimum atomic E-state index is -4.67. The molecule has 0 aromatic carbocycles. The van der Waals surface area contributed by atoms with Crippen LogP contribution in [0.1, 0.15) is 0 Å². The van der Waals surface area contributed by atoms with Crippen LogP contribution in [0.5, 0.6) is 0 Å². The molecule has 0 aliphatic heterocycles. The van der Waals surface area contributed by atoms with Crippen molar-refractivity contribution >= 4 is 29.3 Å². The molecule has 0 saturated heterocycles. The van der Waals surface area contributed by atoms with Crippen LogP contribution in [0.25, 0.3) is 0 Å². The summed E-state index contributed by atoms with van der Waals surface area (Å²) in [6, 6.07) is 1.83. The number of rotatable bonds is 0. The third-order valence-electron chi connectivity index (χ3n) is 0.406. The van der Waals surface area contributed by atoms with E-state index < -0.39 is 10.4 Å². The van der Waals surface area contributed by atoms with Crippen LogP contribution in [0.2, 0.25) is 0 Å². The Labute approximate surface area is 75.8 Å². The van der Waals surface area contributed by atoms with Crippen LogP contribution in [0.3, 0.4) is 0 Å². The fourth-order valence-electron chi connectivity index (χ4n) is 0.215. The molecule has 11 heavy (non-hydrogen) atoms. The summed E-state index contributed by atoms with van der Waals surface area (Å²) < 4.78 is 31.6. The summed E-state index contributed by atoms with van der Waals surface area (Å²) in [5.41, 5.74) is 0. The second kappa shape index (κ2) is 6.39. The first-order chi connectivity index (χ1) is 4.50. The molecule has 1 heterocycles. The molecule has 1 aromatic heterocycles. The van der Waals surface area contributed by atoms with Gasteiger partial charge in [-0.2, -0.15) is 13.5 Å². The maximum Gasteiger partial charge on any atom is 0.0487 e. The van der Waals surface area contributed by atoms with Crippen LogP contribution < -0.4 is 0 Å². The fourth-order valence-corrected chi connectivity index (χ4v) is 0.215. The van der Waals surface area contributed by atoms with Gasteiger partial charge < -0.3 is 0 Å². The second-order valence-electron chi connectivity index (χ2n) is 1.21. The Balaban J connectivity index is 0. The summed E-state index contributed by atoms with van der Waals surface area (Å²) in [7, 11) is -4.67. The summed E-state index contributed by atoms with van der Waals surface area (Å²) in [6.07, 6.45) is 3.46. The van der Waals surface area contributed by atoms with Crippen molar-refractivity contribution < 1.29 is 17.5 Å². The Morgan fingerprint density at radius 2 is 1.82 bits per heavy atom. The Hall–Kier alpha value is -0.323. The van der Waals surface area contributed by atoms with Crippen molar-refractivity contribution in [3.63, 3.8) is 0 Å². The molecule has 60 valence electrons. The predicted molar refractivity (Wildman–Crippen MR) is 39.9 cm³/mol. The molecule has 0 radical (unpaired) electrons. The van der Waals surface area contributed by atoms with E-state index in [1.807, 2.05) is 6.07 Å². The minimum Gasteiger partial charge on any atom is -0.286 e. The van der Waals surface area contributed by atoms with Gasteiger partial charge in [0.15, 0.2) is 0 Å². The molecule has 6 nitrogen and oxygen atoms in total. The monoisotopic (exact) mass is 174 g/mol. The molecule has 1 aromatic rings.